The van der Waals surface area contributed by atoms with Gasteiger partial charge in [0.05, 0.1) is 5.39 Å². The summed E-state index contributed by atoms with van der Waals surface area (Å²) >= 11 is 1.35. The Kier molecular flexibility index (Phi) is 3.80. The molecule has 0 saturated carbocycles. The van der Waals surface area contributed by atoms with Gasteiger partial charge in [0.15, 0.2) is 0 Å². The van der Waals surface area contributed by atoms with Gasteiger partial charge in [-0.1, -0.05) is 13.8 Å². The van der Waals surface area contributed by atoms with Crippen molar-refractivity contribution in [2.75, 3.05) is 0 Å². The Morgan fingerprint density at radius 2 is 2.05 bits per heavy atom. The SMILES string of the molecule is CCc1c(C)sc2[nH]c(=O)n(C(CC)C(=O)O)c(=O)c12. The van der Waals surface area contributed by atoms with E-state index < -0.39 is 23.3 Å². The standard InChI is InChI=1S/C13H16N2O4S/c1-4-7-6(3)20-10-9(7)11(16)15(13(19)14-10)8(5-2)12(17)18/h8H,4-5H2,1-3H3,(H,14,19)(H,17,18). The van der Waals surface area contributed by atoms with Crippen molar-refractivity contribution < 1.29 is 9.90 Å². The van der Waals surface area contributed by atoms with Crippen LogP contribution in [-0.4, -0.2) is 20.6 Å². The Morgan fingerprint density at radius 3 is 2.55 bits per heavy atom. The Morgan fingerprint density at radius 1 is 1.40 bits per heavy atom. The minimum absolute atomic E-state index is 0.175. The number of carboxylic acid groups (broad SMARTS) is 1. The molecule has 0 aromatic carbocycles. The molecule has 2 aromatic rings. The molecule has 6 nitrogen and oxygen atoms in total. The number of nitrogens with zero attached hydrogens (tertiary/aromatic N) is 1. The maximum absolute atomic E-state index is 12.5. The number of carbonyl (C=O) groups is 1. The fraction of sp³-hybridized carbons (Fsp3) is 0.462. The molecule has 108 valence electrons. The van der Waals surface area contributed by atoms with Crippen molar-refractivity contribution in [2.45, 2.75) is 39.7 Å². The minimum atomic E-state index is -1.18. The van der Waals surface area contributed by atoms with E-state index in [2.05, 4.69) is 4.98 Å². The molecule has 2 aromatic heterocycles. The number of rotatable bonds is 4. The predicted molar refractivity (Wildman–Crippen MR) is 77.8 cm³/mol. The number of aromatic amines is 1. The number of thiophene rings is 1. The lowest BCUT2D eigenvalue weighted by Gasteiger charge is -2.12. The highest BCUT2D eigenvalue weighted by Gasteiger charge is 2.24. The van der Waals surface area contributed by atoms with E-state index in [0.29, 0.717) is 16.6 Å². The fourth-order valence-electron chi connectivity index (χ4n) is 2.44. The lowest BCUT2D eigenvalue weighted by Crippen LogP contribution is -2.40. The highest BCUT2D eigenvalue weighted by Crippen LogP contribution is 2.26. The summed E-state index contributed by atoms with van der Waals surface area (Å²) in [5.41, 5.74) is -0.305. The molecule has 0 bridgehead atoms. The van der Waals surface area contributed by atoms with Crippen LogP contribution in [-0.2, 0) is 11.2 Å². The average Bonchev–Trinajstić information content (AvgIpc) is 2.69. The number of hydrogen-bond acceptors (Lipinski definition) is 4. The van der Waals surface area contributed by atoms with Gasteiger partial charge in [0.1, 0.15) is 10.9 Å². The van der Waals surface area contributed by atoms with Crippen LogP contribution in [0, 0.1) is 6.92 Å². The molecular weight excluding hydrogens is 280 g/mol. The summed E-state index contributed by atoms with van der Waals surface area (Å²) in [5.74, 6) is -1.18. The van der Waals surface area contributed by atoms with E-state index in [1.54, 1.807) is 6.92 Å². The zero-order valence-electron chi connectivity index (χ0n) is 11.5. The normalized spacial score (nSPS) is 12.8. The first-order chi connectivity index (χ1) is 9.42. The molecule has 0 saturated heterocycles. The molecule has 0 spiro atoms. The number of hydrogen-bond donors (Lipinski definition) is 2. The molecule has 1 unspecified atom stereocenters. The topological polar surface area (TPSA) is 92.2 Å². The summed E-state index contributed by atoms with van der Waals surface area (Å²) in [5, 5.41) is 9.61. The molecule has 0 aliphatic heterocycles. The average molecular weight is 296 g/mol. The molecule has 0 aliphatic carbocycles. The van der Waals surface area contributed by atoms with Gasteiger partial charge in [-0.05, 0) is 25.3 Å². The number of fused-ring (bicyclic) bond motifs is 1. The number of nitrogens with one attached hydrogen (secondary N) is 1. The summed E-state index contributed by atoms with van der Waals surface area (Å²) in [6, 6.07) is -1.14. The maximum atomic E-state index is 12.5. The van der Waals surface area contributed by atoms with E-state index in [0.717, 1.165) is 15.0 Å². The van der Waals surface area contributed by atoms with Gasteiger partial charge in [0.2, 0.25) is 0 Å². The smallest absolute Gasteiger partial charge is 0.330 e. The van der Waals surface area contributed by atoms with Crippen LogP contribution < -0.4 is 11.2 Å². The van der Waals surface area contributed by atoms with Crippen LogP contribution >= 0.6 is 11.3 Å². The van der Waals surface area contributed by atoms with Gasteiger partial charge in [-0.25, -0.2) is 14.2 Å². The third kappa shape index (κ3) is 2.07. The number of aliphatic carboxylic acids is 1. The van der Waals surface area contributed by atoms with Gasteiger partial charge < -0.3 is 5.11 Å². The van der Waals surface area contributed by atoms with Crippen molar-refractivity contribution >= 4 is 27.5 Å². The molecule has 1 atom stereocenters. The van der Waals surface area contributed by atoms with Gasteiger partial charge >= 0.3 is 11.7 Å². The van der Waals surface area contributed by atoms with E-state index in [9.17, 15) is 14.4 Å². The third-order valence-electron chi connectivity index (χ3n) is 3.42. The van der Waals surface area contributed by atoms with Gasteiger partial charge in [-0.15, -0.1) is 11.3 Å². The van der Waals surface area contributed by atoms with Crippen molar-refractivity contribution in [2.24, 2.45) is 0 Å². The minimum Gasteiger partial charge on any atom is -0.480 e. The second-order valence-electron chi connectivity index (χ2n) is 4.56. The van der Waals surface area contributed by atoms with Crippen LogP contribution in [0.3, 0.4) is 0 Å². The van der Waals surface area contributed by atoms with Gasteiger partial charge in [0.25, 0.3) is 5.56 Å². The Balaban J connectivity index is 2.90. The van der Waals surface area contributed by atoms with Crippen molar-refractivity contribution in [3.05, 3.63) is 31.3 Å². The number of aromatic nitrogens is 2. The molecular formula is C13H16N2O4S. The molecule has 2 rings (SSSR count). The maximum Gasteiger partial charge on any atom is 0.330 e. The van der Waals surface area contributed by atoms with Crippen LogP contribution in [0.5, 0.6) is 0 Å². The van der Waals surface area contributed by atoms with Crippen LogP contribution in [0.4, 0.5) is 0 Å². The largest absolute Gasteiger partial charge is 0.480 e. The zero-order valence-corrected chi connectivity index (χ0v) is 12.3. The zero-order chi connectivity index (χ0) is 15.0. The van der Waals surface area contributed by atoms with Gasteiger partial charge in [0, 0.05) is 4.88 Å². The van der Waals surface area contributed by atoms with E-state index >= 15 is 0 Å². The molecule has 7 heteroatoms. The van der Waals surface area contributed by atoms with Crippen LogP contribution in [0.2, 0.25) is 0 Å². The highest BCUT2D eigenvalue weighted by atomic mass is 32.1. The molecule has 2 heterocycles. The summed E-state index contributed by atoms with van der Waals surface area (Å²) in [7, 11) is 0. The first kappa shape index (κ1) is 14.5. The summed E-state index contributed by atoms with van der Waals surface area (Å²) < 4.78 is 0.815. The second-order valence-corrected chi connectivity index (χ2v) is 5.79. The van der Waals surface area contributed by atoms with Crippen molar-refractivity contribution in [3.63, 3.8) is 0 Å². The van der Waals surface area contributed by atoms with Crippen molar-refractivity contribution in [1.29, 1.82) is 0 Å². The summed E-state index contributed by atoms with van der Waals surface area (Å²) in [6.07, 6.45) is 0.839. The molecule has 0 aliphatic rings. The number of aryl methyl sites for hydroxylation is 2. The van der Waals surface area contributed by atoms with Crippen LogP contribution in [0.1, 0.15) is 36.8 Å². The molecule has 0 amide bonds. The Bertz CT molecular complexity index is 784. The van der Waals surface area contributed by atoms with Crippen LogP contribution in [0.15, 0.2) is 9.59 Å². The second kappa shape index (κ2) is 5.24. The van der Waals surface area contributed by atoms with E-state index in [1.165, 1.54) is 11.3 Å². The summed E-state index contributed by atoms with van der Waals surface area (Å²) in [6.45, 7) is 5.45. The lowest BCUT2D eigenvalue weighted by atomic mass is 10.1. The molecule has 20 heavy (non-hydrogen) atoms. The van der Waals surface area contributed by atoms with Crippen LogP contribution in [0.25, 0.3) is 10.2 Å². The lowest BCUT2D eigenvalue weighted by molar-refractivity contribution is -0.141. The van der Waals surface area contributed by atoms with E-state index in [-0.39, 0.29) is 6.42 Å². The monoisotopic (exact) mass is 296 g/mol. The number of carboxylic acids is 1. The van der Waals surface area contributed by atoms with Gasteiger partial charge in [-0.2, -0.15) is 0 Å². The first-order valence-corrected chi connectivity index (χ1v) is 7.23. The predicted octanol–water partition coefficient (Wildman–Crippen LogP) is 1.66. The summed E-state index contributed by atoms with van der Waals surface area (Å²) in [4.78, 5) is 39.9. The van der Waals surface area contributed by atoms with E-state index in [4.69, 9.17) is 5.11 Å². The highest BCUT2D eigenvalue weighted by molar-refractivity contribution is 7.18. The van der Waals surface area contributed by atoms with Gasteiger partial charge in [-0.3, -0.25) is 9.78 Å². The fourth-order valence-corrected chi connectivity index (χ4v) is 3.57. The van der Waals surface area contributed by atoms with E-state index in [1.807, 2.05) is 13.8 Å². The molecule has 0 radical (unpaired) electrons. The Hall–Kier alpha value is -1.89. The molecule has 0 fully saturated rings. The van der Waals surface area contributed by atoms with Crippen molar-refractivity contribution in [3.8, 4) is 0 Å². The quantitative estimate of drug-likeness (QED) is 0.897. The Labute approximate surface area is 118 Å². The third-order valence-corrected chi connectivity index (χ3v) is 4.48. The van der Waals surface area contributed by atoms with Crippen molar-refractivity contribution in [1.82, 2.24) is 9.55 Å². The molecule has 2 N–H and O–H groups in total. The number of H-pyrrole nitrogens is 1. The first-order valence-electron chi connectivity index (χ1n) is 6.41.